The van der Waals surface area contributed by atoms with Crippen LogP contribution in [0.5, 0.6) is 0 Å². The number of carboxylic acids is 1. The third-order valence-corrected chi connectivity index (χ3v) is 6.70. The molecule has 1 N–H and O–H groups in total. The minimum Gasteiger partial charge on any atom is -0.480 e. The topological polar surface area (TPSA) is 84.1 Å². The van der Waals surface area contributed by atoms with Crippen molar-refractivity contribution in [3.05, 3.63) is 71.3 Å². The zero-order valence-electron chi connectivity index (χ0n) is 17.9. The lowest BCUT2D eigenvalue weighted by molar-refractivity contribution is -0.137. The summed E-state index contributed by atoms with van der Waals surface area (Å²) in [7, 11) is 0. The van der Waals surface area contributed by atoms with E-state index in [0.717, 1.165) is 41.6 Å². The van der Waals surface area contributed by atoms with E-state index >= 15 is 0 Å². The Hall–Kier alpha value is -3.36. The van der Waals surface area contributed by atoms with Crippen molar-refractivity contribution in [2.24, 2.45) is 4.99 Å². The number of rotatable bonds is 6. The first-order valence-corrected chi connectivity index (χ1v) is 11.7. The molecule has 3 heterocycles. The Labute approximate surface area is 195 Å². The predicted molar refractivity (Wildman–Crippen MR) is 129 cm³/mol. The van der Waals surface area contributed by atoms with E-state index in [0.29, 0.717) is 16.6 Å². The molecular formula is C25H23N3O4S. The van der Waals surface area contributed by atoms with Gasteiger partial charge in [-0.1, -0.05) is 36.4 Å². The molecule has 2 aliphatic heterocycles. The number of aromatic nitrogens is 1. The largest absolute Gasteiger partial charge is 0.480 e. The maximum Gasteiger partial charge on any atom is 0.323 e. The SMILES string of the molecule is O=C(O)Cn1cc(C=C2SC(=Nc3ccccc3)N(CC3CCCO3)C2=O)c2ccccc21. The second-order valence-corrected chi connectivity index (χ2v) is 9.02. The number of benzene rings is 2. The number of para-hydroxylation sites is 2. The molecule has 0 saturated carbocycles. The Morgan fingerprint density at radius 1 is 1.18 bits per heavy atom. The molecule has 3 aromatic rings. The van der Waals surface area contributed by atoms with Crippen LogP contribution in [0.4, 0.5) is 5.69 Å². The van der Waals surface area contributed by atoms with Crippen molar-refractivity contribution in [2.45, 2.75) is 25.5 Å². The predicted octanol–water partition coefficient (Wildman–Crippen LogP) is 4.51. The molecule has 0 spiro atoms. The number of aliphatic carboxylic acids is 1. The van der Waals surface area contributed by atoms with E-state index in [2.05, 4.69) is 0 Å². The monoisotopic (exact) mass is 461 g/mol. The highest BCUT2D eigenvalue weighted by Gasteiger charge is 2.36. The first-order valence-electron chi connectivity index (χ1n) is 10.8. The molecule has 8 heteroatoms. The summed E-state index contributed by atoms with van der Waals surface area (Å²) in [5.74, 6) is -1.03. The number of amides is 1. The zero-order valence-corrected chi connectivity index (χ0v) is 18.7. The molecule has 1 amide bonds. The number of aliphatic imine (C=N–C) groups is 1. The van der Waals surface area contributed by atoms with Crippen molar-refractivity contribution in [3.8, 4) is 0 Å². The van der Waals surface area contributed by atoms with Gasteiger partial charge in [-0.25, -0.2) is 4.99 Å². The van der Waals surface area contributed by atoms with Crippen LogP contribution in [0.25, 0.3) is 17.0 Å². The Morgan fingerprint density at radius 3 is 2.73 bits per heavy atom. The van der Waals surface area contributed by atoms with Crippen molar-refractivity contribution in [3.63, 3.8) is 0 Å². The van der Waals surface area contributed by atoms with Gasteiger partial charge in [-0.05, 0) is 48.9 Å². The smallest absolute Gasteiger partial charge is 0.323 e. The van der Waals surface area contributed by atoms with Crippen LogP contribution in [-0.4, -0.2) is 50.9 Å². The fourth-order valence-electron chi connectivity index (χ4n) is 4.17. The molecule has 7 nitrogen and oxygen atoms in total. The summed E-state index contributed by atoms with van der Waals surface area (Å²) in [6, 6.07) is 17.2. The van der Waals surface area contributed by atoms with Crippen LogP contribution in [0.15, 0.2) is 70.7 Å². The highest BCUT2D eigenvalue weighted by atomic mass is 32.2. The molecule has 1 aromatic heterocycles. The lowest BCUT2D eigenvalue weighted by Gasteiger charge is -2.19. The number of fused-ring (bicyclic) bond motifs is 1. The van der Waals surface area contributed by atoms with Gasteiger partial charge in [0.15, 0.2) is 5.17 Å². The van der Waals surface area contributed by atoms with Crippen LogP contribution in [0.2, 0.25) is 0 Å². The van der Waals surface area contributed by atoms with E-state index in [4.69, 9.17) is 9.73 Å². The first-order chi connectivity index (χ1) is 16.1. The lowest BCUT2D eigenvalue weighted by Crippen LogP contribution is -2.36. The Bertz CT molecular complexity index is 1260. The number of carbonyl (C=O) groups is 2. The fraction of sp³-hybridized carbons (Fsp3) is 0.240. The summed E-state index contributed by atoms with van der Waals surface area (Å²) in [6.07, 6.45) is 5.55. The van der Waals surface area contributed by atoms with Crippen LogP contribution in [0, 0.1) is 0 Å². The molecule has 1 atom stereocenters. The van der Waals surface area contributed by atoms with Crippen LogP contribution >= 0.6 is 11.8 Å². The summed E-state index contributed by atoms with van der Waals surface area (Å²) in [5, 5.41) is 10.8. The standard InChI is InChI=1S/C25H23N3O4S/c29-23(30)16-27-14-17(20-10-4-5-11-21(20)27)13-22-24(31)28(15-19-9-6-12-32-19)25(33-22)26-18-7-2-1-3-8-18/h1-5,7-8,10-11,13-14,19H,6,9,12,15-16H2,(H,29,30). The van der Waals surface area contributed by atoms with E-state index in [1.165, 1.54) is 11.8 Å². The number of ether oxygens (including phenoxy) is 1. The summed E-state index contributed by atoms with van der Waals surface area (Å²) >= 11 is 1.34. The van der Waals surface area contributed by atoms with Crippen LogP contribution in [-0.2, 0) is 20.9 Å². The van der Waals surface area contributed by atoms with E-state index in [-0.39, 0.29) is 18.6 Å². The fourth-order valence-corrected chi connectivity index (χ4v) is 5.16. The van der Waals surface area contributed by atoms with E-state index in [1.54, 1.807) is 15.7 Å². The highest BCUT2D eigenvalue weighted by molar-refractivity contribution is 8.18. The molecule has 2 aromatic carbocycles. The molecule has 0 bridgehead atoms. The normalized spacial score (nSPS) is 21.0. The number of thioether (sulfide) groups is 1. The molecular weight excluding hydrogens is 438 g/mol. The van der Waals surface area contributed by atoms with Gasteiger partial charge in [-0.15, -0.1) is 0 Å². The Balaban J connectivity index is 1.52. The number of carboxylic acid groups (broad SMARTS) is 1. The van der Waals surface area contributed by atoms with Crippen LogP contribution in [0.3, 0.4) is 0 Å². The summed E-state index contributed by atoms with van der Waals surface area (Å²) < 4.78 is 7.47. The van der Waals surface area contributed by atoms with Gasteiger partial charge in [0.05, 0.1) is 23.2 Å². The van der Waals surface area contributed by atoms with E-state index in [9.17, 15) is 14.7 Å². The minimum absolute atomic E-state index is 0.00681. The molecule has 2 fully saturated rings. The van der Waals surface area contributed by atoms with Crippen LogP contribution < -0.4 is 0 Å². The van der Waals surface area contributed by atoms with Crippen molar-refractivity contribution < 1.29 is 19.4 Å². The third-order valence-electron chi connectivity index (χ3n) is 5.69. The van der Waals surface area contributed by atoms with Gasteiger partial charge >= 0.3 is 5.97 Å². The number of nitrogens with zero attached hydrogens (tertiary/aromatic N) is 3. The van der Waals surface area contributed by atoms with E-state index in [1.807, 2.05) is 60.7 Å². The van der Waals surface area contributed by atoms with Crippen molar-refractivity contribution >= 4 is 51.5 Å². The molecule has 2 aliphatic rings. The number of amidine groups is 1. The lowest BCUT2D eigenvalue weighted by atomic mass is 10.1. The average Bonchev–Trinajstić information content (AvgIpc) is 3.51. The number of hydrogen-bond donors (Lipinski definition) is 1. The summed E-state index contributed by atoms with van der Waals surface area (Å²) in [6.45, 7) is 1.04. The molecule has 0 aliphatic carbocycles. The van der Waals surface area contributed by atoms with Gasteiger partial charge in [-0.2, -0.15) is 0 Å². The molecule has 5 rings (SSSR count). The Kier molecular flexibility index (Phi) is 6.02. The summed E-state index contributed by atoms with van der Waals surface area (Å²) in [5.41, 5.74) is 2.40. The minimum atomic E-state index is -0.915. The van der Waals surface area contributed by atoms with Crippen molar-refractivity contribution in [1.29, 1.82) is 0 Å². The summed E-state index contributed by atoms with van der Waals surface area (Å²) in [4.78, 5) is 31.7. The molecule has 1 unspecified atom stereocenters. The van der Waals surface area contributed by atoms with Gasteiger partial charge in [0.1, 0.15) is 6.54 Å². The molecule has 33 heavy (non-hydrogen) atoms. The van der Waals surface area contributed by atoms with Gasteiger partial charge in [0.25, 0.3) is 5.91 Å². The third kappa shape index (κ3) is 4.58. The van der Waals surface area contributed by atoms with Gasteiger partial charge in [-0.3, -0.25) is 14.5 Å². The average molecular weight is 462 g/mol. The van der Waals surface area contributed by atoms with Gasteiger partial charge in [0.2, 0.25) is 0 Å². The molecule has 168 valence electrons. The second kappa shape index (κ2) is 9.25. The van der Waals surface area contributed by atoms with Gasteiger partial charge in [0, 0.05) is 29.3 Å². The zero-order chi connectivity index (χ0) is 22.8. The number of carbonyl (C=O) groups excluding carboxylic acids is 1. The molecule has 2 saturated heterocycles. The quantitative estimate of drug-likeness (QED) is 0.546. The maximum absolute atomic E-state index is 13.4. The number of hydrogen-bond acceptors (Lipinski definition) is 5. The second-order valence-electron chi connectivity index (χ2n) is 8.01. The van der Waals surface area contributed by atoms with Crippen molar-refractivity contribution in [1.82, 2.24) is 9.47 Å². The van der Waals surface area contributed by atoms with Crippen molar-refractivity contribution in [2.75, 3.05) is 13.2 Å². The van der Waals surface area contributed by atoms with E-state index < -0.39 is 5.97 Å². The highest BCUT2D eigenvalue weighted by Crippen LogP contribution is 2.36. The molecule has 0 radical (unpaired) electrons. The maximum atomic E-state index is 13.4. The first kappa shape index (κ1) is 21.5. The van der Waals surface area contributed by atoms with Gasteiger partial charge < -0.3 is 14.4 Å². The Morgan fingerprint density at radius 2 is 1.97 bits per heavy atom. The van der Waals surface area contributed by atoms with Crippen LogP contribution in [0.1, 0.15) is 18.4 Å².